The lowest BCUT2D eigenvalue weighted by molar-refractivity contribution is 0.410. The Balaban J connectivity index is 1.95. The Morgan fingerprint density at radius 3 is 2.50 bits per heavy atom. The second-order valence-electron chi connectivity index (χ2n) is 4.79. The molecule has 0 unspecified atom stereocenters. The maximum Gasteiger partial charge on any atom is 0.144 e. The number of hydrogen-bond acceptors (Lipinski definition) is 3. The Morgan fingerprint density at radius 1 is 1.17 bits per heavy atom. The number of rotatable bonds is 5. The Kier molecular flexibility index (Phi) is 5.20. The summed E-state index contributed by atoms with van der Waals surface area (Å²) >= 11 is 0. The molecular weight excluding hydrogens is 246 g/mol. The molecule has 1 saturated heterocycles. The molecule has 0 aromatic heterocycles. The maximum atomic E-state index is 10.8. The summed E-state index contributed by atoms with van der Waals surface area (Å²) in [6.45, 7) is 2.18. The zero-order chi connectivity index (χ0) is 12.8. The van der Waals surface area contributed by atoms with Gasteiger partial charge in [-0.15, -0.1) is 0 Å². The van der Waals surface area contributed by atoms with Crippen molar-refractivity contribution in [3.8, 4) is 0 Å². The van der Waals surface area contributed by atoms with Crippen LogP contribution in [0.4, 0.5) is 0 Å². The van der Waals surface area contributed by atoms with E-state index in [2.05, 4.69) is 11.7 Å². The molecule has 1 heterocycles. The lowest BCUT2D eigenvalue weighted by Crippen LogP contribution is -2.28. The van der Waals surface area contributed by atoms with Crippen LogP contribution >= 0.6 is 0 Å². The molecule has 3 nitrogen and oxygen atoms in total. The van der Waals surface area contributed by atoms with E-state index in [1.165, 1.54) is 12.8 Å². The van der Waals surface area contributed by atoms with Crippen LogP contribution in [0.5, 0.6) is 0 Å². The van der Waals surface area contributed by atoms with Crippen LogP contribution in [0.15, 0.2) is 24.3 Å². The van der Waals surface area contributed by atoms with Crippen LogP contribution in [0.2, 0.25) is 0 Å². The van der Waals surface area contributed by atoms with E-state index < -0.39 is 10.7 Å². The predicted octanol–water partition coefficient (Wildman–Crippen LogP) is 1.54. The van der Waals surface area contributed by atoms with Crippen molar-refractivity contribution in [1.29, 1.82) is 0 Å². The third-order valence-corrected chi connectivity index (χ3v) is 4.07. The first-order valence-electron chi connectivity index (χ1n) is 6.48. The summed E-state index contributed by atoms with van der Waals surface area (Å²) < 4.78 is 21.7. The molecule has 0 amide bonds. The minimum absolute atomic E-state index is 0.158. The van der Waals surface area contributed by atoms with Gasteiger partial charge in [0, 0.05) is 0 Å². The lowest BCUT2D eigenvalue weighted by Gasteiger charge is -2.22. The standard InChI is InChI=1S/C14H20NO2S/c16-18(17)11-14-4-2-1-3-13(14)6-5-12-7-9-15-10-8-12/h1-5,12,15,18H,6-11H2. The van der Waals surface area contributed by atoms with Gasteiger partial charge in [0.05, 0.1) is 5.75 Å². The molecule has 1 aromatic rings. The second kappa shape index (κ2) is 6.90. The first-order valence-corrected chi connectivity index (χ1v) is 7.84. The molecule has 4 heteroatoms. The molecule has 0 aliphatic carbocycles. The van der Waals surface area contributed by atoms with Crippen molar-refractivity contribution in [1.82, 2.24) is 5.32 Å². The molecule has 18 heavy (non-hydrogen) atoms. The average Bonchev–Trinajstić information content (AvgIpc) is 2.38. The topological polar surface area (TPSA) is 46.2 Å². The molecule has 0 saturated carbocycles. The van der Waals surface area contributed by atoms with Crippen molar-refractivity contribution in [2.45, 2.75) is 25.0 Å². The van der Waals surface area contributed by atoms with Gasteiger partial charge >= 0.3 is 0 Å². The van der Waals surface area contributed by atoms with Gasteiger partial charge in [-0.05, 0) is 55.8 Å². The number of hydrogen-bond donors (Lipinski definition) is 2. The van der Waals surface area contributed by atoms with Crippen LogP contribution < -0.4 is 5.32 Å². The van der Waals surface area contributed by atoms with Crippen molar-refractivity contribution in [2.75, 3.05) is 13.1 Å². The molecule has 1 N–H and O–H groups in total. The quantitative estimate of drug-likeness (QED) is 0.795. The first-order chi connectivity index (χ1) is 8.75. The molecule has 0 spiro atoms. The van der Waals surface area contributed by atoms with Gasteiger partial charge in [0.2, 0.25) is 0 Å². The predicted molar refractivity (Wildman–Crippen MR) is 74.1 cm³/mol. The van der Waals surface area contributed by atoms with Crippen LogP contribution in [0.25, 0.3) is 0 Å². The summed E-state index contributed by atoms with van der Waals surface area (Å²) in [4.78, 5) is 0. The minimum atomic E-state index is -2.34. The second-order valence-corrected chi connectivity index (χ2v) is 5.77. The molecule has 1 aliphatic heterocycles. The van der Waals surface area contributed by atoms with Crippen molar-refractivity contribution in [3.63, 3.8) is 0 Å². The van der Waals surface area contributed by atoms with E-state index in [0.29, 0.717) is 5.92 Å². The minimum Gasteiger partial charge on any atom is -0.317 e. The number of thiol groups is 1. The smallest absolute Gasteiger partial charge is 0.144 e. The highest BCUT2D eigenvalue weighted by atomic mass is 32.2. The molecule has 1 aromatic carbocycles. The van der Waals surface area contributed by atoms with Crippen molar-refractivity contribution in [3.05, 3.63) is 41.8 Å². The highest BCUT2D eigenvalue weighted by Gasteiger charge is 2.13. The van der Waals surface area contributed by atoms with Gasteiger partial charge in [-0.1, -0.05) is 24.3 Å². The molecule has 1 aliphatic rings. The zero-order valence-corrected chi connectivity index (χ0v) is 11.4. The van der Waals surface area contributed by atoms with Crippen LogP contribution in [0.3, 0.4) is 0 Å². The normalized spacial score (nSPS) is 17.2. The van der Waals surface area contributed by atoms with Gasteiger partial charge < -0.3 is 5.32 Å². The van der Waals surface area contributed by atoms with Gasteiger partial charge in [0.15, 0.2) is 0 Å². The highest BCUT2D eigenvalue weighted by molar-refractivity contribution is 7.71. The molecule has 2 rings (SSSR count). The summed E-state index contributed by atoms with van der Waals surface area (Å²) in [6, 6.07) is 7.83. The maximum absolute atomic E-state index is 10.8. The summed E-state index contributed by atoms with van der Waals surface area (Å²) in [7, 11) is -2.34. The van der Waals surface area contributed by atoms with Gasteiger partial charge in [0.25, 0.3) is 0 Å². The molecule has 0 atom stereocenters. The van der Waals surface area contributed by atoms with E-state index >= 15 is 0 Å². The van der Waals surface area contributed by atoms with Crippen LogP contribution in [-0.2, 0) is 22.9 Å². The van der Waals surface area contributed by atoms with Crippen LogP contribution in [-0.4, -0.2) is 21.5 Å². The fraction of sp³-hybridized carbons (Fsp3) is 0.500. The fourth-order valence-electron chi connectivity index (χ4n) is 2.42. The lowest BCUT2D eigenvalue weighted by atomic mass is 9.90. The summed E-state index contributed by atoms with van der Waals surface area (Å²) in [6.07, 6.45) is 5.61. The average molecular weight is 266 g/mol. The number of nitrogens with one attached hydrogen (secondary N) is 1. The van der Waals surface area contributed by atoms with Crippen molar-refractivity contribution < 1.29 is 8.42 Å². The summed E-state index contributed by atoms with van der Waals surface area (Å²) in [5, 5.41) is 3.35. The first kappa shape index (κ1) is 13.6. The third kappa shape index (κ3) is 4.10. The third-order valence-electron chi connectivity index (χ3n) is 3.47. The van der Waals surface area contributed by atoms with Gasteiger partial charge in [-0.2, -0.15) is 0 Å². The molecular formula is C14H20NO2S. The van der Waals surface area contributed by atoms with E-state index in [-0.39, 0.29) is 5.75 Å². The largest absolute Gasteiger partial charge is 0.317 e. The van der Waals surface area contributed by atoms with E-state index in [9.17, 15) is 8.42 Å². The molecule has 1 fully saturated rings. The molecule has 0 bridgehead atoms. The Hall–Kier alpha value is -0.870. The van der Waals surface area contributed by atoms with Crippen molar-refractivity contribution in [2.24, 2.45) is 5.92 Å². The SMILES string of the molecule is O=[SH](=O)Cc1ccccc1C[CH]C1CCNCC1. The van der Waals surface area contributed by atoms with Crippen LogP contribution in [0.1, 0.15) is 24.0 Å². The Bertz CT molecular complexity index is 443. The van der Waals surface area contributed by atoms with Gasteiger partial charge in [-0.3, -0.25) is 0 Å². The zero-order valence-electron chi connectivity index (χ0n) is 10.5. The van der Waals surface area contributed by atoms with E-state index in [4.69, 9.17) is 0 Å². The van der Waals surface area contributed by atoms with E-state index in [0.717, 1.165) is 30.6 Å². The van der Waals surface area contributed by atoms with Gasteiger partial charge in [0.1, 0.15) is 10.7 Å². The Morgan fingerprint density at radius 2 is 1.83 bits per heavy atom. The van der Waals surface area contributed by atoms with E-state index in [1.54, 1.807) is 0 Å². The summed E-state index contributed by atoms with van der Waals surface area (Å²) in [5.74, 6) is 0.825. The van der Waals surface area contributed by atoms with Crippen LogP contribution in [0, 0.1) is 12.3 Å². The molecule has 1 radical (unpaired) electrons. The molecule has 99 valence electrons. The monoisotopic (exact) mass is 266 g/mol. The summed E-state index contributed by atoms with van der Waals surface area (Å²) in [5.41, 5.74) is 2.09. The van der Waals surface area contributed by atoms with E-state index in [1.807, 2.05) is 24.3 Å². The van der Waals surface area contributed by atoms with Crippen molar-refractivity contribution >= 4 is 10.7 Å². The number of piperidine rings is 1. The fourth-order valence-corrected chi connectivity index (χ4v) is 3.01. The highest BCUT2D eigenvalue weighted by Crippen LogP contribution is 2.19. The van der Waals surface area contributed by atoms with Gasteiger partial charge in [-0.25, -0.2) is 8.42 Å². The number of benzene rings is 1. The Labute approximate surface area is 111 Å².